The van der Waals surface area contributed by atoms with Gasteiger partial charge in [-0.3, -0.25) is 5.01 Å². The van der Waals surface area contributed by atoms with E-state index in [-0.39, 0.29) is 10.8 Å². The number of nitrogens with one attached hydrogen (secondary N) is 1. The highest BCUT2D eigenvalue weighted by atomic mass is 35.5. The molecule has 0 saturated heterocycles. The van der Waals surface area contributed by atoms with E-state index >= 15 is 0 Å². The number of hydrogen-bond acceptors (Lipinski definition) is 4. The van der Waals surface area contributed by atoms with E-state index in [2.05, 4.69) is 4.98 Å². The molecule has 1 atom stereocenters. The van der Waals surface area contributed by atoms with Gasteiger partial charge in [0, 0.05) is 6.20 Å². The summed E-state index contributed by atoms with van der Waals surface area (Å²) in [5.41, 5.74) is 1.48. The monoisotopic (exact) mass is 293 g/mol. The lowest BCUT2D eigenvalue weighted by Gasteiger charge is -2.22. The number of aromatic nitrogens is 1. The molecule has 0 aromatic carbocycles. The van der Waals surface area contributed by atoms with E-state index < -0.39 is 23.9 Å². The van der Waals surface area contributed by atoms with E-state index in [1.807, 2.05) is 5.43 Å². The van der Waals surface area contributed by atoms with Gasteiger partial charge in [-0.15, -0.1) is 0 Å². The second kappa shape index (κ2) is 4.71. The third-order valence-electron chi connectivity index (χ3n) is 2.35. The standard InChI is InChI=1S/C10H7ClF3N3O2/c11-5-1-2-8(15-4-5)17-6(9(18)19)3-7(16-17)10(12,13)14/h1-4,7,16H,(H,18,19). The summed E-state index contributed by atoms with van der Waals surface area (Å²) in [6.45, 7) is 0. The van der Waals surface area contributed by atoms with Crippen LogP contribution in [0.5, 0.6) is 0 Å². The molecular formula is C10H7ClF3N3O2. The first-order chi connectivity index (χ1) is 8.79. The Morgan fingerprint density at radius 3 is 2.63 bits per heavy atom. The van der Waals surface area contributed by atoms with Crippen LogP contribution in [0.4, 0.5) is 19.0 Å². The maximum atomic E-state index is 12.6. The molecule has 0 aliphatic carbocycles. The predicted molar refractivity (Wildman–Crippen MR) is 60.4 cm³/mol. The number of nitrogens with zero attached hydrogens (tertiary/aromatic N) is 2. The molecule has 1 aliphatic heterocycles. The fraction of sp³-hybridized carbons (Fsp3) is 0.200. The van der Waals surface area contributed by atoms with Gasteiger partial charge < -0.3 is 5.11 Å². The van der Waals surface area contributed by atoms with Gasteiger partial charge in [0.25, 0.3) is 0 Å². The molecule has 0 spiro atoms. The smallest absolute Gasteiger partial charge is 0.409 e. The maximum Gasteiger partial charge on any atom is 0.409 e. The van der Waals surface area contributed by atoms with Crippen molar-refractivity contribution in [3.63, 3.8) is 0 Å². The van der Waals surface area contributed by atoms with Gasteiger partial charge in [0.05, 0.1) is 5.02 Å². The summed E-state index contributed by atoms with van der Waals surface area (Å²) in [6, 6.07) is 0.632. The number of anilines is 1. The molecule has 5 nitrogen and oxygen atoms in total. The SMILES string of the molecule is O=C(O)C1=CC(C(F)(F)F)NN1c1ccc(Cl)cn1. The molecule has 0 fully saturated rings. The Hall–Kier alpha value is -1.80. The molecule has 1 aromatic heterocycles. The zero-order valence-corrected chi connectivity index (χ0v) is 9.90. The largest absolute Gasteiger partial charge is 0.477 e. The Labute approximate surface area is 110 Å². The minimum Gasteiger partial charge on any atom is -0.477 e. The lowest BCUT2D eigenvalue weighted by Crippen LogP contribution is -2.45. The average Bonchev–Trinajstić information content (AvgIpc) is 2.74. The Morgan fingerprint density at radius 1 is 1.47 bits per heavy atom. The second-order valence-electron chi connectivity index (χ2n) is 3.68. The molecule has 19 heavy (non-hydrogen) atoms. The Bertz CT molecular complexity index is 530. The van der Waals surface area contributed by atoms with Crippen LogP contribution in [-0.2, 0) is 4.79 Å². The third-order valence-corrected chi connectivity index (χ3v) is 2.57. The van der Waals surface area contributed by atoms with Crippen LogP contribution in [0, 0.1) is 0 Å². The van der Waals surface area contributed by atoms with Crippen LogP contribution in [0.1, 0.15) is 0 Å². The van der Waals surface area contributed by atoms with Crippen molar-refractivity contribution in [1.29, 1.82) is 0 Å². The van der Waals surface area contributed by atoms with Gasteiger partial charge >= 0.3 is 12.1 Å². The van der Waals surface area contributed by atoms with Crippen molar-refractivity contribution in [2.45, 2.75) is 12.2 Å². The minimum atomic E-state index is -4.60. The maximum absolute atomic E-state index is 12.6. The summed E-state index contributed by atoms with van der Waals surface area (Å²) in [7, 11) is 0. The molecule has 1 aromatic rings. The van der Waals surface area contributed by atoms with Crippen LogP contribution in [0.25, 0.3) is 0 Å². The number of pyridine rings is 1. The lowest BCUT2D eigenvalue weighted by molar-refractivity contribution is -0.142. The summed E-state index contributed by atoms with van der Waals surface area (Å²) in [4.78, 5) is 14.7. The fourth-order valence-electron chi connectivity index (χ4n) is 1.50. The van der Waals surface area contributed by atoms with Crippen LogP contribution in [0.3, 0.4) is 0 Å². The summed E-state index contributed by atoms with van der Waals surface area (Å²) >= 11 is 5.61. The van der Waals surface area contributed by atoms with E-state index in [4.69, 9.17) is 16.7 Å². The summed E-state index contributed by atoms with van der Waals surface area (Å²) in [5.74, 6) is -1.49. The van der Waals surface area contributed by atoms with Crippen molar-refractivity contribution in [3.8, 4) is 0 Å². The Morgan fingerprint density at radius 2 is 2.16 bits per heavy atom. The van der Waals surface area contributed by atoms with Gasteiger partial charge in [0.15, 0.2) is 0 Å². The molecular weight excluding hydrogens is 287 g/mol. The van der Waals surface area contributed by atoms with Crippen LogP contribution in [-0.4, -0.2) is 28.3 Å². The number of carbonyl (C=O) groups is 1. The van der Waals surface area contributed by atoms with Crippen molar-refractivity contribution in [2.24, 2.45) is 0 Å². The minimum absolute atomic E-state index is 0.00444. The molecule has 1 unspecified atom stereocenters. The van der Waals surface area contributed by atoms with Gasteiger partial charge in [-0.2, -0.15) is 13.2 Å². The Balaban J connectivity index is 2.34. The molecule has 9 heteroatoms. The van der Waals surface area contributed by atoms with Crippen LogP contribution >= 0.6 is 11.6 Å². The van der Waals surface area contributed by atoms with Crippen molar-refractivity contribution in [3.05, 3.63) is 35.1 Å². The number of hydrazine groups is 1. The topological polar surface area (TPSA) is 65.5 Å². The van der Waals surface area contributed by atoms with Crippen LogP contribution in [0.15, 0.2) is 30.1 Å². The lowest BCUT2D eigenvalue weighted by atomic mass is 10.2. The zero-order chi connectivity index (χ0) is 14.2. The quantitative estimate of drug-likeness (QED) is 0.872. The number of aliphatic carboxylic acids is 1. The van der Waals surface area contributed by atoms with E-state index in [1.54, 1.807) is 0 Å². The number of carboxylic acid groups (broad SMARTS) is 1. The van der Waals surface area contributed by atoms with E-state index in [0.29, 0.717) is 6.08 Å². The molecule has 0 bridgehead atoms. The number of carboxylic acids is 1. The molecule has 102 valence electrons. The average molecular weight is 294 g/mol. The van der Waals surface area contributed by atoms with Gasteiger partial charge in [-0.05, 0) is 18.2 Å². The number of alkyl halides is 3. The first kappa shape index (κ1) is 13.6. The van der Waals surface area contributed by atoms with Gasteiger partial charge in [0.1, 0.15) is 17.6 Å². The summed E-state index contributed by atoms with van der Waals surface area (Å²) < 4.78 is 37.7. The molecule has 0 amide bonds. The van der Waals surface area contributed by atoms with E-state index in [1.165, 1.54) is 18.3 Å². The van der Waals surface area contributed by atoms with E-state index in [0.717, 1.165) is 5.01 Å². The van der Waals surface area contributed by atoms with Crippen LogP contribution < -0.4 is 10.4 Å². The molecule has 1 aliphatic rings. The van der Waals surface area contributed by atoms with Gasteiger partial charge in [-0.1, -0.05) is 11.6 Å². The summed E-state index contributed by atoms with van der Waals surface area (Å²) in [5, 5.41) is 9.96. The molecule has 2 rings (SSSR count). The molecule has 0 saturated carbocycles. The molecule has 2 heterocycles. The number of rotatable bonds is 2. The zero-order valence-electron chi connectivity index (χ0n) is 9.15. The van der Waals surface area contributed by atoms with Crippen molar-refractivity contribution < 1.29 is 23.1 Å². The molecule has 0 radical (unpaired) electrons. The van der Waals surface area contributed by atoms with Crippen LogP contribution in [0.2, 0.25) is 5.02 Å². The first-order valence-corrected chi connectivity index (χ1v) is 5.36. The number of halogens is 4. The fourth-order valence-corrected chi connectivity index (χ4v) is 1.61. The summed E-state index contributed by atoms with van der Waals surface area (Å²) in [6.07, 6.45) is -2.81. The Kier molecular flexibility index (Phi) is 3.38. The van der Waals surface area contributed by atoms with Crippen molar-refractivity contribution in [2.75, 3.05) is 5.01 Å². The predicted octanol–water partition coefficient (Wildman–Crippen LogP) is 1.96. The van der Waals surface area contributed by atoms with Crippen molar-refractivity contribution in [1.82, 2.24) is 10.4 Å². The van der Waals surface area contributed by atoms with Gasteiger partial charge in [0.2, 0.25) is 0 Å². The van der Waals surface area contributed by atoms with Gasteiger partial charge in [-0.25, -0.2) is 15.2 Å². The highest BCUT2D eigenvalue weighted by Gasteiger charge is 2.45. The van der Waals surface area contributed by atoms with E-state index in [9.17, 15) is 18.0 Å². The second-order valence-corrected chi connectivity index (χ2v) is 4.11. The van der Waals surface area contributed by atoms with Crippen molar-refractivity contribution >= 4 is 23.4 Å². The number of hydrogen-bond donors (Lipinski definition) is 2. The first-order valence-electron chi connectivity index (χ1n) is 4.99. The normalized spacial score (nSPS) is 19.5. The molecule has 2 N–H and O–H groups in total. The highest BCUT2D eigenvalue weighted by Crippen LogP contribution is 2.29. The highest BCUT2D eigenvalue weighted by molar-refractivity contribution is 6.30. The third kappa shape index (κ3) is 2.79.